The summed E-state index contributed by atoms with van der Waals surface area (Å²) < 4.78 is 3.27. The molecule has 0 saturated heterocycles. The molecule has 3 rings (SSSR count). The highest BCUT2D eigenvalue weighted by Crippen LogP contribution is 2.13. The van der Waals surface area contributed by atoms with Crippen molar-refractivity contribution in [3.05, 3.63) is 64.7 Å². The van der Waals surface area contributed by atoms with Gasteiger partial charge in [0.15, 0.2) is 5.69 Å². The third-order valence-corrected chi connectivity index (χ3v) is 4.47. The first-order chi connectivity index (χ1) is 12.8. The van der Waals surface area contributed by atoms with E-state index in [0.29, 0.717) is 6.54 Å². The predicted octanol–water partition coefficient (Wildman–Crippen LogP) is 1.78. The highest BCUT2D eigenvalue weighted by molar-refractivity contribution is 5.85. The first-order valence-electron chi connectivity index (χ1n) is 8.49. The normalized spacial score (nSPS) is 10.8. The van der Waals surface area contributed by atoms with Crippen molar-refractivity contribution in [1.29, 1.82) is 0 Å². The number of carbonyl (C=O) groups is 2. The summed E-state index contributed by atoms with van der Waals surface area (Å²) in [6, 6.07) is 8.86. The number of amides is 1. The van der Waals surface area contributed by atoms with Gasteiger partial charge < -0.3 is 10.4 Å². The Balaban J connectivity index is 1.66. The fourth-order valence-electron chi connectivity index (χ4n) is 2.89. The maximum Gasteiger partial charge on any atom is 0.356 e. The molecule has 0 aliphatic rings. The zero-order valence-electron chi connectivity index (χ0n) is 15.4. The van der Waals surface area contributed by atoms with Crippen LogP contribution in [-0.4, -0.2) is 36.5 Å². The summed E-state index contributed by atoms with van der Waals surface area (Å²) in [5.41, 5.74) is 4.40. The number of carboxylic acid groups (broad SMARTS) is 1. The van der Waals surface area contributed by atoms with Crippen molar-refractivity contribution in [2.24, 2.45) is 7.05 Å². The molecule has 0 saturated carbocycles. The molecule has 140 valence electrons. The molecule has 0 aliphatic carbocycles. The second-order valence-corrected chi connectivity index (χ2v) is 6.35. The fourth-order valence-corrected chi connectivity index (χ4v) is 2.89. The molecular weight excluding hydrogens is 346 g/mol. The smallest absolute Gasteiger partial charge is 0.356 e. The molecule has 0 fully saturated rings. The van der Waals surface area contributed by atoms with Crippen LogP contribution < -0.4 is 5.32 Å². The Morgan fingerprint density at radius 3 is 2.59 bits per heavy atom. The van der Waals surface area contributed by atoms with Crippen molar-refractivity contribution in [2.45, 2.75) is 26.8 Å². The SMILES string of the molecule is Cc1nn(C)c(C)c1CC(=O)NCc1cccc(-n2ccc(C(=O)O)n2)c1. The summed E-state index contributed by atoms with van der Waals surface area (Å²) >= 11 is 0. The Kier molecular flexibility index (Phi) is 5.07. The van der Waals surface area contributed by atoms with Gasteiger partial charge in [-0.15, -0.1) is 0 Å². The van der Waals surface area contributed by atoms with Crippen molar-refractivity contribution < 1.29 is 14.7 Å². The lowest BCUT2D eigenvalue weighted by Gasteiger charge is -2.08. The molecular formula is C19H21N5O3. The van der Waals surface area contributed by atoms with Gasteiger partial charge in [0.1, 0.15) is 0 Å². The van der Waals surface area contributed by atoms with E-state index in [9.17, 15) is 9.59 Å². The zero-order chi connectivity index (χ0) is 19.6. The van der Waals surface area contributed by atoms with Gasteiger partial charge in [0, 0.05) is 31.0 Å². The van der Waals surface area contributed by atoms with Gasteiger partial charge in [-0.05, 0) is 37.6 Å². The van der Waals surface area contributed by atoms with E-state index in [1.165, 1.54) is 10.7 Å². The van der Waals surface area contributed by atoms with Crippen LogP contribution in [0.2, 0.25) is 0 Å². The van der Waals surface area contributed by atoms with Gasteiger partial charge in [-0.3, -0.25) is 9.48 Å². The van der Waals surface area contributed by atoms with Crippen LogP contribution >= 0.6 is 0 Å². The average molecular weight is 367 g/mol. The van der Waals surface area contributed by atoms with E-state index in [2.05, 4.69) is 15.5 Å². The van der Waals surface area contributed by atoms with Crippen LogP contribution in [0, 0.1) is 13.8 Å². The first kappa shape index (κ1) is 18.4. The number of benzene rings is 1. The van der Waals surface area contributed by atoms with E-state index in [0.717, 1.165) is 28.2 Å². The van der Waals surface area contributed by atoms with Crippen LogP contribution in [0.3, 0.4) is 0 Å². The standard InChI is InChI=1S/C19H21N5O3/c1-12-16(13(2)23(3)21-12)10-18(25)20-11-14-5-4-6-15(9-14)24-8-7-17(22-24)19(26)27/h4-9H,10-11H2,1-3H3,(H,20,25)(H,26,27). The number of rotatable bonds is 6. The van der Waals surface area contributed by atoms with Gasteiger partial charge in [-0.1, -0.05) is 12.1 Å². The largest absolute Gasteiger partial charge is 0.476 e. The third-order valence-electron chi connectivity index (χ3n) is 4.47. The molecule has 2 aromatic heterocycles. The van der Waals surface area contributed by atoms with E-state index in [1.807, 2.05) is 45.2 Å². The van der Waals surface area contributed by atoms with Gasteiger partial charge in [0.05, 0.1) is 17.8 Å². The van der Waals surface area contributed by atoms with Crippen LogP contribution in [0.5, 0.6) is 0 Å². The summed E-state index contributed by atoms with van der Waals surface area (Å²) in [4.78, 5) is 23.3. The van der Waals surface area contributed by atoms with Gasteiger partial charge >= 0.3 is 5.97 Å². The quantitative estimate of drug-likeness (QED) is 0.691. The van der Waals surface area contributed by atoms with Crippen LogP contribution in [-0.2, 0) is 24.8 Å². The molecule has 0 spiro atoms. The maximum atomic E-state index is 12.3. The molecule has 0 radical (unpaired) electrons. The van der Waals surface area contributed by atoms with Crippen molar-refractivity contribution in [3.8, 4) is 5.69 Å². The Bertz CT molecular complexity index is 1000. The Hall–Kier alpha value is -3.42. The van der Waals surface area contributed by atoms with Gasteiger partial charge in [0.2, 0.25) is 5.91 Å². The van der Waals surface area contributed by atoms with E-state index >= 15 is 0 Å². The highest BCUT2D eigenvalue weighted by Gasteiger charge is 2.13. The maximum absolute atomic E-state index is 12.3. The Labute approximate surface area is 156 Å². The van der Waals surface area contributed by atoms with Crippen LogP contribution in [0.25, 0.3) is 5.69 Å². The van der Waals surface area contributed by atoms with Crippen molar-refractivity contribution in [3.63, 3.8) is 0 Å². The summed E-state index contributed by atoms with van der Waals surface area (Å²) in [6.07, 6.45) is 1.88. The number of nitrogens with one attached hydrogen (secondary N) is 1. The molecule has 0 atom stereocenters. The first-order valence-corrected chi connectivity index (χ1v) is 8.49. The predicted molar refractivity (Wildman–Crippen MR) is 98.8 cm³/mol. The lowest BCUT2D eigenvalue weighted by molar-refractivity contribution is -0.120. The molecule has 3 aromatic rings. The Morgan fingerprint density at radius 2 is 1.96 bits per heavy atom. The number of aromatic nitrogens is 4. The summed E-state index contributed by atoms with van der Waals surface area (Å²) in [6.45, 7) is 4.22. The van der Waals surface area contributed by atoms with Gasteiger partial charge in [0.25, 0.3) is 0 Å². The number of aryl methyl sites for hydroxylation is 2. The number of nitrogens with zero attached hydrogens (tertiary/aromatic N) is 4. The molecule has 1 aromatic carbocycles. The molecule has 2 heterocycles. The van der Waals surface area contributed by atoms with Crippen LogP contribution in [0.4, 0.5) is 0 Å². The number of aromatic carboxylic acids is 1. The van der Waals surface area contributed by atoms with Gasteiger partial charge in [-0.2, -0.15) is 10.2 Å². The number of hydrogen-bond acceptors (Lipinski definition) is 4. The minimum Gasteiger partial charge on any atom is -0.476 e. The average Bonchev–Trinajstić information content (AvgIpc) is 3.22. The van der Waals surface area contributed by atoms with Crippen LogP contribution in [0.1, 0.15) is 33.0 Å². The van der Waals surface area contributed by atoms with Gasteiger partial charge in [-0.25, -0.2) is 9.48 Å². The second-order valence-electron chi connectivity index (χ2n) is 6.35. The monoisotopic (exact) mass is 367 g/mol. The molecule has 1 amide bonds. The molecule has 0 aliphatic heterocycles. The molecule has 0 bridgehead atoms. The minimum atomic E-state index is -1.07. The molecule has 2 N–H and O–H groups in total. The third kappa shape index (κ3) is 4.05. The van der Waals surface area contributed by atoms with Crippen molar-refractivity contribution in [2.75, 3.05) is 0 Å². The van der Waals surface area contributed by atoms with Crippen molar-refractivity contribution in [1.82, 2.24) is 24.9 Å². The second kappa shape index (κ2) is 7.45. The molecule has 27 heavy (non-hydrogen) atoms. The molecule has 0 unspecified atom stereocenters. The summed E-state index contributed by atoms with van der Waals surface area (Å²) in [5, 5.41) is 20.2. The van der Waals surface area contributed by atoms with Crippen molar-refractivity contribution >= 4 is 11.9 Å². The summed E-state index contributed by atoms with van der Waals surface area (Å²) in [5.74, 6) is -1.15. The fraction of sp³-hybridized carbons (Fsp3) is 0.263. The van der Waals surface area contributed by atoms with E-state index < -0.39 is 5.97 Å². The highest BCUT2D eigenvalue weighted by atomic mass is 16.4. The minimum absolute atomic E-state index is 0.0177. The zero-order valence-corrected chi connectivity index (χ0v) is 15.4. The topological polar surface area (TPSA) is 102 Å². The number of hydrogen-bond donors (Lipinski definition) is 2. The molecule has 8 nitrogen and oxygen atoms in total. The van der Waals surface area contributed by atoms with E-state index in [1.54, 1.807) is 10.9 Å². The van der Waals surface area contributed by atoms with E-state index in [-0.39, 0.29) is 18.0 Å². The van der Waals surface area contributed by atoms with Crippen LogP contribution in [0.15, 0.2) is 36.5 Å². The number of carbonyl (C=O) groups excluding carboxylic acids is 1. The number of carboxylic acids is 1. The summed E-state index contributed by atoms with van der Waals surface area (Å²) in [7, 11) is 1.86. The lowest BCUT2D eigenvalue weighted by atomic mass is 10.1. The molecule has 8 heteroatoms. The van der Waals surface area contributed by atoms with E-state index in [4.69, 9.17) is 5.11 Å². The lowest BCUT2D eigenvalue weighted by Crippen LogP contribution is -2.25. The Morgan fingerprint density at radius 1 is 1.19 bits per heavy atom.